The molecule has 0 aliphatic heterocycles. The van der Waals surface area contributed by atoms with Crippen LogP contribution in [-0.2, 0) is 9.59 Å². The Labute approximate surface area is 102 Å². The molecule has 0 heterocycles. The molecule has 9 heteroatoms. The lowest BCUT2D eigenvalue weighted by molar-refractivity contribution is -0.155. The predicted octanol–water partition coefficient (Wildman–Crippen LogP) is -4.17. The quantitative estimate of drug-likeness (QED) is 0.215. The highest BCUT2D eigenvalue weighted by molar-refractivity contribution is 6.32. The van der Waals surface area contributed by atoms with Crippen molar-refractivity contribution in [3.63, 3.8) is 0 Å². The number of carboxylic acid groups (broad SMARTS) is 1. The molecule has 0 aliphatic rings. The van der Waals surface area contributed by atoms with Gasteiger partial charge in [0.2, 0.25) is 5.78 Å². The summed E-state index contributed by atoms with van der Waals surface area (Å²) in [6.45, 7) is -0.894. The summed E-state index contributed by atoms with van der Waals surface area (Å²) in [5, 5.41) is 62.9. The van der Waals surface area contributed by atoms with Crippen molar-refractivity contribution in [1.29, 1.82) is 0 Å². The minimum Gasteiger partial charge on any atom is -0.475 e. The number of aliphatic hydroxyl groups is 6. The highest BCUT2D eigenvalue weighted by Gasteiger charge is 2.35. The van der Waals surface area contributed by atoms with E-state index >= 15 is 0 Å². The van der Waals surface area contributed by atoms with Gasteiger partial charge in [-0.2, -0.15) is 0 Å². The molecule has 0 rings (SSSR count). The van der Waals surface area contributed by atoms with Crippen LogP contribution in [0.15, 0.2) is 0 Å². The number of hydrogen-bond donors (Lipinski definition) is 7. The van der Waals surface area contributed by atoms with Gasteiger partial charge in [-0.25, -0.2) is 4.79 Å². The SMILES string of the molecule is O=C(O)C(=O)C[C@@H](O)[C@H](O)[C@H](O)[C@@H](O)[C@H](O)CO. The summed E-state index contributed by atoms with van der Waals surface area (Å²) >= 11 is 0. The van der Waals surface area contributed by atoms with E-state index in [0.29, 0.717) is 0 Å². The topological polar surface area (TPSA) is 176 Å². The van der Waals surface area contributed by atoms with E-state index in [4.69, 9.17) is 15.3 Å². The number of Topliss-reactive ketones (excluding diaryl/α,β-unsaturated/α-hetero) is 1. The van der Waals surface area contributed by atoms with Gasteiger partial charge in [0.1, 0.15) is 24.4 Å². The van der Waals surface area contributed by atoms with Crippen LogP contribution in [0.5, 0.6) is 0 Å². The lowest BCUT2D eigenvalue weighted by Crippen LogP contribution is -2.50. The minimum absolute atomic E-state index is 0.894. The van der Waals surface area contributed by atoms with Gasteiger partial charge < -0.3 is 35.7 Å². The number of aliphatic hydroxyl groups excluding tert-OH is 6. The molecule has 0 aliphatic carbocycles. The molecule has 106 valence electrons. The van der Waals surface area contributed by atoms with Gasteiger partial charge in [0.25, 0.3) is 0 Å². The maximum absolute atomic E-state index is 10.7. The van der Waals surface area contributed by atoms with Crippen LogP contribution in [0.4, 0.5) is 0 Å². The Morgan fingerprint density at radius 3 is 1.67 bits per heavy atom. The number of rotatable bonds is 8. The molecule has 9 nitrogen and oxygen atoms in total. The summed E-state index contributed by atoms with van der Waals surface area (Å²) in [7, 11) is 0. The molecule has 0 spiro atoms. The maximum atomic E-state index is 10.7. The van der Waals surface area contributed by atoms with Gasteiger partial charge in [-0.3, -0.25) is 4.79 Å². The zero-order chi connectivity index (χ0) is 14.5. The van der Waals surface area contributed by atoms with E-state index in [1.54, 1.807) is 0 Å². The van der Waals surface area contributed by atoms with Gasteiger partial charge in [-0.05, 0) is 0 Å². The van der Waals surface area contributed by atoms with E-state index in [-0.39, 0.29) is 0 Å². The Morgan fingerprint density at radius 1 is 0.833 bits per heavy atom. The van der Waals surface area contributed by atoms with Crippen molar-refractivity contribution in [3.8, 4) is 0 Å². The monoisotopic (exact) mass is 268 g/mol. The molecule has 18 heavy (non-hydrogen) atoms. The lowest BCUT2D eigenvalue weighted by atomic mass is 9.97. The van der Waals surface area contributed by atoms with Crippen LogP contribution in [-0.4, -0.2) is 84.6 Å². The highest BCUT2D eigenvalue weighted by Crippen LogP contribution is 2.11. The van der Waals surface area contributed by atoms with Gasteiger partial charge in [0, 0.05) is 6.42 Å². The van der Waals surface area contributed by atoms with Gasteiger partial charge in [-0.1, -0.05) is 0 Å². The molecule has 0 aromatic rings. The van der Waals surface area contributed by atoms with Crippen LogP contribution in [0.25, 0.3) is 0 Å². The molecule has 0 unspecified atom stereocenters. The van der Waals surface area contributed by atoms with E-state index in [2.05, 4.69) is 0 Å². The average molecular weight is 268 g/mol. The number of carbonyl (C=O) groups excluding carboxylic acids is 1. The van der Waals surface area contributed by atoms with E-state index in [1.807, 2.05) is 0 Å². The Morgan fingerprint density at radius 2 is 1.28 bits per heavy atom. The second-order valence-electron chi connectivity index (χ2n) is 3.72. The third-order valence-corrected chi connectivity index (χ3v) is 2.31. The van der Waals surface area contributed by atoms with Gasteiger partial charge in [0.15, 0.2) is 0 Å². The standard InChI is InChI=1S/C9H16O9/c10-2-5(13)7(15)8(16)6(14)3(11)1-4(12)9(17)18/h3,5-8,10-11,13-16H,1-2H2,(H,17,18)/t3-,5-,6+,7+,8+/m1/s1. The fraction of sp³-hybridized carbons (Fsp3) is 0.778. The van der Waals surface area contributed by atoms with Crippen molar-refractivity contribution in [2.75, 3.05) is 6.61 Å². The molecule has 0 saturated carbocycles. The summed E-state index contributed by atoms with van der Waals surface area (Å²) < 4.78 is 0. The first-order chi connectivity index (χ1) is 8.22. The maximum Gasteiger partial charge on any atom is 0.372 e. The summed E-state index contributed by atoms with van der Waals surface area (Å²) in [5.74, 6) is -3.20. The normalized spacial score (nSPS) is 19.7. The largest absolute Gasteiger partial charge is 0.475 e. The van der Waals surface area contributed by atoms with E-state index in [9.17, 15) is 30.0 Å². The van der Waals surface area contributed by atoms with Crippen molar-refractivity contribution in [3.05, 3.63) is 0 Å². The molecule has 0 aromatic carbocycles. The first kappa shape index (κ1) is 16.9. The molecule has 0 fully saturated rings. The molecule has 7 N–H and O–H groups in total. The Hall–Kier alpha value is -1.10. The van der Waals surface area contributed by atoms with Gasteiger partial charge in [-0.15, -0.1) is 0 Å². The third kappa shape index (κ3) is 4.64. The number of aliphatic carboxylic acids is 1. The summed E-state index contributed by atoms with van der Waals surface area (Å²) in [4.78, 5) is 20.9. The highest BCUT2D eigenvalue weighted by atomic mass is 16.4. The van der Waals surface area contributed by atoms with Crippen LogP contribution in [0.1, 0.15) is 6.42 Å². The molecular weight excluding hydrogens is 252 g/mol. The lowest BCUT2D eigenvalue weighted by Gasteiger charge is -2.28. The van der Waals surface area contributed by atoms with Gasteiger partial charge >= 0.3 is 5.97 Å². The fourth-order valence-corrected chi connectivity index (χ4v) is 1.16. The molecule has 0 radical (unpaired) electrons. The first-order valence-electron chi connectivity index (χ1n) is 4.99. The van der Waals surface area contributed by atoms with Crippen molar-refractivity contribution in [2.45, 2.75) is 36.9 Å². The Balaban J connectivity index is 4.49. The second kappa shape index (κ2) is 7.36. The number of carbonyl (C=O) groups is 2. The van der Waals surface area contributed by atoms with Crippen LogP contribution >= 0.6 is 0 Å². The van der Waals surface area contributed by atoms with Gasteiger partial charge in [0.05, 0.1) is 12.7 Å². The fourth-order valence-electron chi connectivity index (χ4n) is 1.16. The van der Waals surface area contributed by atoms with Crippen molar-refractivity contribution in [2.24, 2.45) is 0 Å². The third-order valence-electron chi connectivity index (χ3n) is 2.31. The van der Waals surface area contributed by atoms with Crippen LogP contribution in [0.3, 0.4) is 0 Å². The van der Waals surface area contributed by atoms with E-state index < -0.39 is 55.3 Å². The zero-order valence-corrected chi connectivity index (χ0v) is 9.25. The molecule has 0 saturated heterocycles. The molecule has 0 aromatic heterocycles. The molecule has 5 atom stereocenters. The van der Waals surface area contributed by atoms with Crippen molar-refractivity contribution < 1.29 is 45.3 Å². The van der Waals surface area contributed by atoms with E-state index in [0.717, 1.165) is 0 Å². The number of hydrogen-bond acceptors (Lipinski definition) is 8. The van der Waals surface area contributed by atoms with Crippen LogP contribution in [0, 0.1) is 0 Å². The average Bonchev–Trinajstić information content (AvgIpc) is 2.34. The Kier molecular flexibility index (Phi) is 6.91. The minimum atomic E-state index is -2.05. The second-order valence-corrected chi connectivity index (χ2v) is 3.72. The van der Waals surface area contributed by atoms with E-state index in [1.165, 1.54) is 0 Å². The summed E-state index contributed by atoms with van der Waals surface area (Å²) in [6, 6.07) is 0. The van der Waals surface area contributed by atoms with Crippen molar-refractivity contribution in [1.82, 2.24) is 0 Å². The smallest absolute Gasteiger partial charge is 0.372 e. The van der Waals surface area contributed by atoms with Crippen LogP contribution in [0.2, 0.25) is 0 Å². The predicted molar refractivity (Wildman–Crippen MR) is 54.4 cm³/mol. The molecular formula is C9H16O9. The number of ketones is 1. The number of carboxylic acids is 1. The Bertz CT molecular complexity index is 292. The molecule has 0 amide bonds. The molecule has 0 bridgehead atoms. The van der Waals surface area contributed by atoms with Crippen molar-refractivity contribution >= 4 is 11.8 Å². The summed E-state index contributed by atoms with van der Waals surface area (Å²) in [5.41, 5.74) is 0. The first-order valence-corrected chi connectivity index (χ1v) is 4.99. The zero-order valence-electron chi connectivity index (χ0n) is 9.25. The summed E-state index contributed by atoms with van der Waals surface area (Å²) in [6.07, 6.45) is -10.7. The van der Waals surface area contributed by atoms with Crippen LogP contribution < -0.4 is 0 Å².